The summed E-state index contributed by atoms with van der Waals surface area (Å²) in [6.07, 6.45) is 1.96. The molecule has 0 aliphatic heterocycles. The number of hydrogen-bond acceptors (Lipinski definition) is 4. The monoisotopic (exact) mass is 252 g/mol. The molecule has 0 spiro atoms. The molecule has 1 aromatic carbocycles. The molecule has 0 saturated carbocycles. The molecule has 0 atom stereocenters. The molecule has 4 N–H and O–H groups in total. The molecule has 4 heteroatoms. The third kappa shape index (κ3) is 4.20. The largest absolute Gasteiger partial charge is 0.493 e. The van der Waals surface area contributed by atoms with Gasteiger partial charge in [0.1, 0.15) is 0 Å². The molecule has 18 heavy (non-hydrogen) atoms. The fourth-order valence-electron chi connectivity index (χ4n) is 1.84. The van der Waals surface area contributed by atoms with Crippen LogP contribution in [0.15, 0.2) is 18.2 Å². The molecule has 1 aromatic rings. The van der Waals surface area contributed by atoms with Crippen LogP contribution in [0.25, 0.3) is 0 Å². The average molecular weight is 252 g/mol. The lowest BCUT2D eigenvalue weighted by Crippen LogP contribution is -2.23. The predicted molar refractivity (Wildman–Crippen MR) is 74.1 cm³/mol. The molecular weight excluding hydrogens is 228 g/mol. The molecule has 1 rings (SSSR count). The van der Waals surface area contributed by atoms with E-state index >= 15 is 0 Å². The van der Waals surface area contributed by atoms with Crippen LogP contribution in [-0.4, -0.2) is 26.8 Å². The molecule has 102 valence electrons. The summed E-state index contributed by atoms with van der Waals surface area (Å²) in [4.78, 5) is 0. The third-order valence-corrected chi connectivity index (χ3v) is 3.04. The van der Waals surface area contributed by atoms with Gasteiger partial charge in [0.25, 0.3) is 0 Å². The minimum Gasteiger partial charge on any atom is -0.493 e. The number of aryl methyl sites for hydroxylation is 1. The van der Waals surface area contributed by atoms with Crippen molar-refractivity contribution in [3.8, 4) is 11.5 Å². The van der Waals surface area contributed by atoms with Crippen molar-refractivity contribution in [2.75, 3.05) is 26.8 Å². The third-order valence-electron chi connectivity index (χ3n) is 3.04. The Bertz CT molecular complexity index is 352. The first kappa shape index (κ1) is 14.8. The Balaban J connectivity index is 2.67. The summed E-state index contributed by atoms with van der Waals surface area (Å²) in [5.41, 5.74) is 12.5. The van der Waals surface area contributed by atoms with Gasteiger partial charge in [-0.1, -0.05) is 6.07 Å². The van der Waals surface area contributed by atoms with Gasteiger partial charge in [-0.2, -0.15) is 0 Å². The summed E-state index contributed by atoms with van der Waals surface area (Å²) < 4.78 is 10.8. The van der Waals surface area contributed by atoms with Crippen molar-refractivity contribution in [1.29, 1.82) is 0 Å². The maximum Gasteiger partial charge on any atom is 0.161 e. The lowest BCUT2D eigenvalue weighted by atomic mass is 9.99. The van der Waals surface area contributed by atoms with Crippen LogP contribution in [0, 0.1) is 5.92 Å². The van der Waals surface area contributed by atoms with Gasteiger partial charge in [-0.3, -0.25) is 0 Å². The highest BCUT2D eigenvalue weighted by molar-refractivity contribution is 5.43. The molecule has 0 saturated heterocycles. The zero-order valence-corrected chi connectivity index (χ0v) is 11.3. The van der Waals surface area contributed by atoms with E-state index in [-0.39, 0.29) is 0 Å². The van der Waals surface area contributed by atoms with Gasteiger partial charge in [0.15, 0.2) is 11.5 Å². The van der Waals surface area contributed by atoms with Gasteiger partial charge in [-0.15, -0.1) is 0 Å². The van der Waals surface area contributed by atoms with Crippen molar-refractivity contribution in [1.82, 2.24) is 0 Å². The Hall–Kier alpha value is -1.26. The van der Waals surface area contributed by atoms with E-state index < -0.39 is 0 Å². The Morgan fingerprint density at radius 3 is 2.44 bits per heavy atom. The molecule has 0 aliphatic carbocycles. The second-order valence-electron chi connectivity index (χ2n) is 4.29. The number of benzene rings is 1. The van der Waals surface area contributed by atoms with E-state index in [9.17, 15) is 0 Å². The molecule has 0 aromatic heterocycles. The number of rotatable bonds is 8. The number of ether oxygens (including phenoxy) is 2. The topological polar surface area (TPSA) is 70.5 Å². The van der Waals surface area contributed by atoms with E-state index in [4.69, 9.17) is 20.9 Å². The Morgan fingerprint density at radius 1 is 1.17 bits per heavy atom. The number of hydrogen-bond donors (Lipinski definition) is 2. The van der Waals surface area contributed by atoms with Gasteiger partial charge in [0.05, 0.1) is 13.7 Å². The first-order valence-electron chi connectivity index (χ1n) is 6.45. The molecule has 0 heterocycles. The van der Waals surface area contributed by atoms with Crippen LogP contribution in [0.4, 0.5) is 0 Å². The van der Waals surface area contributed by atoms with Gasteiger partial charge >= 0.3 is 0 Å². The fraction of sp³-hybridized carbons (Fsp3) is 0.571. The van der Waals surface area contributed by atoms with Gasteiger partial charge in [0.2, 0.25) is 0 Å². The van der Waals surface area contributed by atoms with Crippen LogP contribution in [-0.2, 0) is 6.42 Å². The molecular formula is C14H24N2O2. The van der Waals surface area contributed by atoms with E-state index in [1.807, 2.05) is 19.1 Å². The Kier molecular flexibility index (Phi) is 6.54. The lowest BCUT2D eigenvalue weighted by molar-refractivity contribution is 0.310. The summed E-state index contributed by atoms with van der Waals surface area (Å²) in [7, 11) is 1.66. The van der Waals surface area contributed by atoms with Crippen LogP contribution >= 0.6 is 0 Å². The van der Waals surface area contributed by atoms with Gasteiger partial charge in [-0.25, -0.2) is 0 Å². The van der Waals surface area contributed by atoms with Gasteiger partial charge in [-0.05, 0) is 56.5 Å². The summed E-state index contributed by atoms with van der Waals surface area (Å²) >= 11 is 0. The van der Waals surface area contributed by atoms with E-state index in [2.05, 4.69) is 6.07 Å². The quantitative estimate of drug-likeness (QED) is 0.736. The van der Waals surface area contributed by atoms with E-state index in [1.165, 1.54) is 5.56 Å². The lowest BCUT2D eigenvalue weighted by Gasteiger charge is -2.13. The molecule has 0 bridgehead atoms. The fourth-order valence-corrected chi connectivity index (χ4v) is 1.84. The standard InChI is InChI=1S/C14H24N2O2/c1-3-18-13-7-6-11(8-14(13)17-2)4-5-12(9-15)10-16/h6-8,12H,3-5,9-10,15-16H2,1-2H3. The summed E-state index contributed by atoms with van der Waals surface area (Å²) in [6.45, 7) is 3.88. The van der Waals surface area contributed by atoms with Crippen LogP contribution in [0.3, 0.4) is 0 Å². The molecule has 0 fully saturated rings. The maximum atomic E-state index is 5.64. The Morgan fingerprint density at radius 2 is 1.89 bits per heavy atom. The predicted octanol–water partition coefficient (Wildman–Crippen LogP) is 1.56. The second kappa shape index (κ2) is 7.95. The van der Waals surface area contributed by atoms with E-state index in [0.29, 0.717) is 25.6 Å². The van der Waals surface area contributed by atoms with Crippen molar-refractivity contribution in [3.63, 3.8) is 0 Å². The molecule has 0 amide bonds. The Labute approximate surface area is 109 Å². The molecule has 0 unspecified atom stereocenters. The smallest absolute Gasteiger partial charge is 0.161 e. The van der Waals surface area contributed by atoms with Crippen molar-refractivity contribution >= 4 is 0 Å². The number of methoxy groups -OCH3 is 1. The van der Waals surface area contributed by atoms with Crippen molar-refractivity contribution < 1.29 is 9.47 Å². The summed E-state index contributed by atoms with van der Waals surface area (Å²) in [5, 5.41) is 0. The van der Waals surface area contributed by atoms with Crippen molar-refractivity contribution in [3.05, 3.63) is 23.8 Å². The van der Waals surface area contributed by atoms with Crippen LogP contribution in [0.2, 0.25) is 0 Å². The minimum absolute atomic E-state index is 0.391. The molecule has 4 nitrogen and oxygen atoms in total. The van der Waals surface area contributed by atoms with Crippen molar-refractivity contribution in [2.45, 2.75) is 19.8 Å². The molecule has 0 radical (unpaired) electrons. The van der Waals surface area contributed by atoms with Crippen LogP contribution in [0.5, 0.6) is 11.5 Å². The summed E-state index contributed by atoms with van der Waals surface area (Å²) in [6, 6.07) is 6.05. The highest BCUT2D eigenvalue weighted by atomic mass is 16.5. The van der Waals surface area contributed by atoms with Crippen molar-refractivity contribution in [2.24, 2.45) is 17.4 Å². The average Bonchev–Trinajstić information content (AvgIpc) is 2.41. The first-order valence-corrected chi connectivity index (χ1v) is 6.45. The van der Waals surface area contributed by atoms with Crippen LogP contribution in [0.1, 0.15) is 18.9 Å². The first-order chi connectivity index (χ1) is 8.74. The maximum absolute atomic E-state index is 5.64. The number of nitrogens with two attached hydrogens (primary N) is 2. The summed E-state index contributed by atoms with van der Waals surface area (Å²) in [5.74, 6) is 1.96. The SMILES string of the molecule is CCOc1ccc(CCC(CN)CN)cc1OC. The van der Waals surface area contributed by atoms with Gasteiger partial charge in [0, 0.05) is 0 Å². The van der Waals surface area contributed by atoms with Gasteiger partial charge < -0.3 is 20.9 Å². The highest BCUT2D eigenvalue weighted by Gasteiger charge is 2.08. The highest BCUT2D eigenvalue weighted by Crippen LogP contribution is 2.28. The van der Waals surface area contributed by atoms with E-state index in [1.54, 1.807) is 7.11 Å². The normalized spacial score (nSPS) is 10.7. The van der Waals surface area contributed by atoms with Crippen LogP contribution < -0.4 is 20.9 Å². The zero-order valence-electron chi connectivity index (χ0n) is 11.3. The zero-order chi connectivity index (χ0) is 13.4. The second-order valence-corrected chi connectivity index (χ2v) is 4.29. The van der Waals surface area contributed by atoms with E-state index in [0.717, 1.165) is 24.3 Å². The molecule has 0 aliphatic rings. The minimum atomic E-state index is 0.391.